The van der Waals surface area contributed by atoms with E-state index in [0.29, 0.717) is 12.6 Å². The highest BCUT2D eigenvalue weighted by Gasteiger charge is 2.19. The fraction of sp³-hybridized carbons (Fsp3) is 0.333. The summed E-state index contributed by atoms with van der Waals surface area (Å²) in [5.41, 5.74) is 4.07. The van der Waals surface area contributed by atoms with Crippen LogP contribution in [0.5, 0.6) is 5.75 Å². The molecule has 0 aromatic heterocycles. The first kappa shape index (κ1) is 13.0. The van der Waals surface area contributed by atoms with Crippen LogP contribution in [0.1, 0.15) is 36.9 Å². The number of nitrogens with one attached hydrogen (secondary N) is 1. The molecule has 0 radical (unpaired) electrons. The summed E-state index contributed by atoms with van der Waals surface area (Å²) in [5.74, 6) is 0.932. The molecule has 2 heteroatoms. The van der Waals surface area contributed by atoms with Gasteiger partial charge in [0, 0.05) is 11.8 Å². The lowest BCUT2D eigenvalue weighted by Crippen LogP contribution is -2.17. The first-order chi connectivity index (χ1) is 9.86. The molecule has 1 unspecified atom stereocenters. The highest BCUT2D eigenvalue weighted by Crippen LogP contribution is 2.32. The molecule has 0 spiro atoms. The molecular formula is C18H21NO. The molecule has 1 aliphatic rings. The third-order valence-electron chi connectivity index (χ3n) is 3.86. The van der Waals surface area contributed by atoms with Crippen LogP contribution in [0.15, 0.2) is 48.5 Å². The van der Waals surface area contributed by atoms with Gasteiger partial charge in [-0.3, -0.25) is 0 Å². The molecule has 0 saturated heterocycles. The van der Waals surface area contributed by atoms with Gasteiger partial charge in [0.15, 0.2) is 0 Å². The quantitative estimate of drug-likeness (QED) is 0.875. The van der Waals surface area contributed by atoms with Gasteiger partial charge in [-0.05, 0) is 49.4 Å². The molecule has 1 aliphatic carbocycles. The number of fused-ring (bicyclic) bond motifs is 1. The van der Waals surface area contributed by atoms with Crippen molar-refractivity contribution < 1.29 is 4.74 Å². The Balaban J connectivity index is 1.80. The van der Waals surface area contributed by atoms with Crippen molar-refractivity contribution in [3.8, 4) is 5.75 Å². The van der Waals surface area contributed by atoms with E-state index >= 15 is 0 Å². The molecule has 0 bridgehead atoms. The van der Waals surface area contributed by atoms with Crippen LogP contribution in [0, 0.1) is 0 Å². The molecule has 0 fully saturated rings. The Labute approximate surface area is 120 Å². The van der Waals surface area contributed by atoms with E-state index in [1.54, 1.807) is 0 Å². The zero-order chi connectivity index (χ0) is 13.8. The molecule has 0 amide bonds. The highest BCUT2D eigenvalue weighted by molar-refractivity contribution is 5.51. The highest BCUT2D eigenvalue weighted by atomic mass is 16.5. The predicted octanol–water partition coefficient (Wildman–Crippen LogP) is 4.57. The molecule has 2 aromatic rings. The first-order valence-corrected chi connectivity index (χ1v) is 7.44. The minimum absolute atomic E-state index is 0.414. The van der Waals surface area contributed by atoms with E-state index in [1.165, 1.54) is 30.4 Å². The Morgan fingerprint density at radius 2 is 2.05 bits per heavy atom. The number of hydrogen-bond donors (Lipinski definition) is 1. The molecule has 2 aromatic carbocycles. The summed E-state index contributed by atoms with van der Waals surface area (Å²) in [7, 11) is 0. The van der Waals surface area contributed by atoms with E-state index in [9.17, 15) is 0 Å². The van der Waals surface area contributed by atoms with Gasteiger partial charge in [0.2, 0.25) is 0 Å². The molecule has 1 N–H and O–H groups in total. The minimum Gasteiger partial charge on any atom is -0.494 e. The number of anilines is 1. The van der Waals surface area contributed by atoms with Crippen molar-refractivity contribution in [3.05, 3.63) is 59.7 Å². The van der Waals surface area contributed by atoms with Gasteiger partial charge < -0.3 is 10.1 Å². The Morgan fingerprint density at radius 1 is 1.15 bits per heavy atom. The third-order valence-corrected chi connectivity index (χ3v) is 3.86. The maximum Gasteiger partial charge on any atom is 0.121 e. The smallest absolute Gasteiger partial charge is 0.121 e. The SMILES string of the molecule is CCOc1cccc(NC2CCCc3ccccc32)c1. The van der Waals surface area contributed by atoms with Gasteiger partial charge >= 0.3 is 0 Å². The van der Waals surface area contributed by atoms with Crippen LogP contribution in [-0.2, 0) is 6.42 Å². The van der Waals surface area contributed by atoms with Gasteiger partial charge in [-0.1, -0.05) is 30.3 Å². The van der Waals surface area contributed by atoms with Crippen LogP contribution in [-0.4, -0.2) is 6.61 Å². The van der Waals surface area contributed by atoms with Crippen molar-refractivity contribution in [2.75, 3.05) is 11.9 Å². The van der Waals surface area contributed by atoms with E-state index in [1.807, 2.05) is 19.1 Å². The normalized spacial score (nSPS) is 17.4. The van der Waals surface area contributed by atoms with E-state index in [4.69, 9.17) is 4.74 Å². The second kappa shape index (κ2) is 6.00. The number of aryl methyl sites for hydroxylation is 1. The molecule has 0 aliphatic heterocycles. The fourth-order valence-corrected chi connectivity index (χ4v) is 2.95. The standard InChI is InChI=1S/C18H21NO/c1-2-20-16-10-6-9-15(13-16)19-18-12-5-8-14-7-3-4-11-17(14)18/h3-4,6-7,9-11,13,18-19H,2,5,8,12H2,1H3. The van der Waals surface area contributed by atoms with Gasteiger partial charge in [-0.15, -0.1) is 0 Å². The van der Waals surface area contributed by atoms with Crippen LogP contribution in [0.4, 0.5) is 5.69 Å². The van der Waals surface area contributed by atoms with Crippen LogP contribution in [0.2, 0.25) is 0 Å². The average Bonchev–Trinajstić information content (AvgIpc) is 2.48. The van der Waals surface area contributed by atoms with Gasteiger partial charge in [0.1, 0.15) is 5.75 Å². The van der Waals surface area contributed by atoms with Gasteiger partial charge in [-0.2, -0.15) is 0 Å². The third kappa shape index (κ3) is 2.79. The van der Waals surface area contributed by atoms with Crippen molar-refractivity contribution in [1.82, 2.24) is 0 Å². The zero-order valence-electron chi connectivity index (χ0n) is 11.9. The number of ether oxygens (including phenoxy) is 1. The first-order valence-electron chi connectivity index (χ1n) is 7.44. The predicted molar refractivity (Wildman–Crippen MR) is 83.4 cm³/mol. The molecule has 0 heterocycles. The van der Waals surface area contributed by atoms with Gasteiger partial charge in [-0.25, -0.2) is 0 Å². The summed E-state index contributed by atoms with van der Waals surface area (Å²) < 4.78 is 5.57. The second-order valence-electron chi connectivity index (χ2n) is 5.25. The zero-order valence-corrected chi connectivity index (χ0v) is 11.9. The lowest BCUT2D eigenvalue weighted by atomic mass is 9.87. The minimum atomic E-state index is 0.414. The van der Waals surface area contributed by atoms with Crippen LogP contribution in [0.3, 0.4) is 0 Å². The molecule has 1 atom stereocenters. The van der Waals surface area contributed by atoms with E-state index in [2.05, 4.69) is 41.7 Å². The Morgan fingerprint density at radius 3 is 2.95 bits per heavy atom. The average molecular weight is 267 g/mol. The second-order valence-corrected chi connectivity index (χ2v) is 5.25. The Kier molecular flexibility index (Phi) is 3.91. The summed E-state index contributed by atoms with van der Waals surface area (Å²) in [5, 5.41) is 3.66. The Bertz CT molecular complexity index is 579. The summed E-state index contributed by atoms with van der Waals surface area (Å²) in [4.78, 5) is 0. The number of rotatable bonds is 4. The lowest BCUT2D eigenvalue weighted by Gasteiger charge is -2.27. The van der Waals surface area contributed by atoms with Gasteiger partial charge in [0.05, 0.1) is 12.6 Å². The Hall–Kier alpha value is -1.96. The summed E-state index contributed by atoms with van der Waals surface area (Å²) in [6.07, 6.45) is 3.64. The lowest BCUT2D eigenvalue weighted by molar-refractivity contribution is 0.340. The molecule has 0 saturated carbocycles. The topological polar surface area (TPSA) is 21.3 Å². The van der Waals surface area contributed by atoms with E-state index < -0.39 is 0 Å². The number of benzene rings is 2. The molecule has 104 valence electrons. The summed E-state index contributed by atoms with van der Waals surface area (Å²) in [6.45, 7) is 2.72. The largest absolute Gasteiger partial charge is 0.494 e. The maximum atomic E-state index is 5.57. The van der Waals surface area contributed by atoms with Crippen LogP contribution < -0.4 is 10.1 Å². The van der Waals surface area contributed by atoms with E-state index in [-0.39, 0.29) is 0 Å². The van der Waals surface area contributed by atoms with Crippen molar-refractivity contribution in [2.24, 2.45) is 0 Å². The summed E-state index contributed by atoms with van der Waals surface area (Å²) >= 11 is 0. The van der Waals surface area contributed by atoms with Crippen LogP contribution >= 0.6 is 0 Å². The monoisotopic (exact) mass is 267 g/mol. The molecule has 3 rings (SSSR count). The fourth-order valence-electron chi connectivity index (χ4n) is 2.95. The molecule has 2 nitrogen and oxygen atoms in total. The maximum absolute atomic E-state index is 5.57. The van der Waals surface area contributed by atoms with Crippen LogP contribution in [0.25, 0.3) is 0 Å². The van der Waals surface area contributed by atoms with Crippen molar-refractivity contribution in [2.45, 2.75) is 32.2 Å². The number of hydrogen-bond acceptors (Lipinski definition) is 2. The van der Waals surface area contributed by atoms with Crippen molar-refractivity contribution in [1.29, 1.82) is 0 Å². The van der Waals surface area contributed by atoms with E-state index in [0.717, 1.165) is 11.4 Å². The molecule has 20 heavy (non-hydrogen) atoms. The van der Waals surface area contributed by atoms with Crippen molar-refractivity contribution in [3.63, 3.8) is 0 Å². The summed E-state index contributed by atoms with van der Waals surface area (Å²) in [6, 6.07) is 17.4. The van der Waals surface area contributed by atoms with Gasteiger partial charge in [0.25, 0.3) is 0 Å². The van der Waals surface area contributed by atoms with Crippen molar-refractivity contribution >= 4 is 5.69 Å². The molecular weight excluding hydrogens is 246 g/mol.